The van der Waals surface area contributed by atoms with E-state index in [1.165, 1.54) is 114 Å². The maximum absolute atomic E-state index is 12.7. The maximum atomic E-state index is 12.7. The summed E-state index contributed by atoms with van der Waals surface area (Å²) in [6.45, 7) is 16.5. The van der Waals surface area contributed by atoms with Crippen LogP contribution in [0.1, 0.15) is 182 Å². The van der Waals surface area contributed by atoms with Gasteiger partial charge in [-0.3, -0.25) is 4.79 Å². The summed E-state index contributed by atoms with van der Waals surface area (Å²) in [4.78, 5) is 12.7. The molecule has 266 valence electrons. The number of ether oxygens (including phenoxy) is 1. The van der Waals surface area contributed by atoms with E-state index in [0.29, 0.717) is 11.8 Å². The lowest BCUT2D eigenvalue weighted by molar-refractivity contribution is -0.149. The monoisotopic (exact) mass is 647 g/mol. The standard InChI is InChI=1S/C45H74O2/c1-7-8-9-10-11-12-13-14-15-16-17-18-19-20-21-27-44(46)47-41-31-28-37(4)40(35-41)30-29-39-26-23-34-45(6)42(32-33-43(39)45)38(5)25-22-24-36(2)3/h11-12,14-15,29-30,36,38,41-43H,4,7-10,13,16-28,31-35H2,1-3,5-6H3/t38-,41+,42-,43?,45-/m1/s1. The van der Waals surface area contributed by atoms with Gasteiger partial charge >= 0.3 is 5.97 Å². The molecule has 3 aliphatic carbocycles. The SMILES string of the molecule is C=C1CC[C@H](OC(=O)CCCCCCCC=CCC=CCCCCC)CC1=CC=C1CCC[C@@]2(C)C1CC[C@@H]2[C@H](C)CCCC(C)C. The van der Waals surface area contributed by atoms with Crippen LogP contribution in [0.3, 0.4) is 0 Å². The highest BCUT2D eigenvalue weighted by atomic mass is 16.5. The van der Waals surface area contributed by atoms with E-state index < -0.39 is 0 Å². The predicted molar refractivity (Wildman–Crippen MR) is 204 cm³/mol. The second-order valence-corrected chi connectivity index (χ2v) is 16.3. The molecule has 0 radical (unpaired) electrons. The van der Waals surface area contributed by atoms with Crippen molar-refractivity contribution in [3.8, 4) is 0 Å². The van der Waals surface area contributed by atoms with Gasteiger partial charge in [0.1, 0.15) is 6.10 Å². The first kappa shape index (κ1) is 39.6. The van der Waals surface area contributed by atoms with Crippen molar-refractivity contribution >= 4 is 5.97 Å². The van der Waals surface area contributed by atoms with Crippen LogP contribution < -0.4 is 0 Å². The third-order valence-electron chi connectivity index (χ3n) is 12.0. The molecular formula is C45H74O2. The number of esters is 1. The molecule has 0 saturated heterocycles. The number of rotatable bonds is 21. The molecule has 3 aliphatic rings. The van der Waals surface area contributed by atoms with Crippen LogP contribution in [0.4, 0.5) is 0 Å². The molecule has 3 fully saturated rings. The van der Waals surface area contributed by atoms with E-state index in [1.807, 2.05) is 0 Å². The molecule has 0 aromatic rings. The van der Waals surface area contributed by atoms with Crippen molar-refractivity contribution < 1.29 is 9.53 Å². The molecule has 2 heteroatoms. The highest BCUT2D eigenvalue weighted by Crippen LogP contribution is 2.60. The minimum Gasteiger partial charge on any atom is -0.462 e. The molecule has 0 aromatic carbocycles. The Balaban J connectivity index is 1.35. The Bertz CT molecular complexity index is 1040. The van der Waals surface area contributed by atoms with E-state index in [4.69, 9.17) is 4.74 Å². The highest BCUT2D eigenvalue weighted by molar-refractivity contribution is 5.69. The summed E-state index contributed by atoms with van der Waals surface area (Å²) < 4.78 is 6.00. The largest absolute Gasteiger partial charge is 0.462 e. The number of fused-ring (bicyclic) bond motifs is 1. The molecule has 1 unspecified atom stereocenters. The van der Waals surface area contributed by atoms with Crippen molar-refractivity contribution in [1.82, 2.24) is 0 Å². The van der Waals surface area contributed by atoms with Gasteiger partial charge in [0, 0.05) is 12.8 Å². The predicted octanol–water partition coefficient (Wildman–Crippen LogP) is 14.0. The van der Waals surface area contributed by atoms with Gasteiger partial charge in [-0.2, -0.15) is 0 Å². The average molecular weight is 647 g/mol. The van der Waals surface area contributed by atoms with Gasteiger partial charge in [-0.1, -0.05) is 140 Å². The summed E-state index contributed by atoms with van der Waals surface area (Å²) in [7, 11) is 0. The number of hydrogen-bond acceptors (Lipinski definition) is 2. The third kappa shape index (κ3) is 13.9. The molecule has 0 aliphatic heterocycles. The van der Waals surface area contributed by atoms with Crippen LogP contribution in [-0.4, -0.2) is 12.1 Å². The third-order valence-corrected chi connectivity index (χ3v) is 12.0. The zero-order chi connectivity index (χ0) is 33.9. The van der Waals surface area contributed by atoms with Gasteiger partial charge < -0.3 is 4.74 Å². The van der Waals surface area contributed by atoms with Gasteiger partial charge in [-0.15, -0.1) is 0 Å². The Morgan fingerprint density at radius 1 is 0.872 bits per heavy atom. The molecule has 0 N–H and O–H groups in total. The van der Waals surface area contributed by atoms with Gasteiger partial charge in [0.2, 0.25) is 0 Å². The number of carbonyl (C=O) groups is 1. The van der Waals surface area contributed by atoms with Crippen LogP contribution in [-0.2, 0) is 9.53 Å². The molecule has 3 rings (SSSR count). The fourth-order valence-corrected chi connectivity index (χ4v) is 9.07. The van der Waals surface area contributed by atoms with Crippen LogP contribution in [0, 0.1) is 29.1 Å². The van der Waals surface area contributed by atoms with Crippen LogP contribution in [0.5, 0.6) is 0 Å². The lowest BCUT2D eigenvalue weighted by atomic mass is 9.60. The summed E-state index contributed by atoms with van der Waals surface area (Å²) >= 11 is 0. The zero-order valence-electron chi connectivity index (χ0n) is 31.6. The first-order valence-electron chi connectivity index (χ1n) is 20.3. The fourth-order valence-electron chi connectivity index (χ4n) is 9.07. The summed E-state index contributed by atoms with van der Waals surface area (Å²) in [6.07, 6.45) is 41.4. The minimum absolute atomic E-state index is 0.00606. The van der Waals surface area contributed by atoms with Crippen molar-refractivity contribution in [3.63, 3.8) is 0 Å². The van der Waals surface area contributed by atoms with Crippen LogP contribution in [0.2, 0.25) is 0 Å². The Morgan fingerprint density at radius 3 is 2.34 bits per heavy atom. The molecule has 0 spiro atoms. The van der Waals surface area contributed by atoms with Crippen molar-refractivity contribution in [1.29, 1.82) is 0 Å². The molecule has 0 heterocycles. The maximum Gasteiger partial charge on any atom is 0.306 e. The van der Waals surface area contributed by atoms with Gasteiger partial charge in [-0.05, 0) is 118 Å². The quantitative estimate of drug-likeness (QED) is 0.0704. The lowest BCUT2D eigenvalue weighted by Crippen LogP contribution is -2.36. The van der Waals surface area contributed by atoms with Gasteiger partial charge in [0.15, 0.2) is 0 Å². The zero-order valence-corrected chi connectivity index (χ0v) is 31.6. The van der Waals surface area contributed by atoms with E-state index in [-0.39, 0.29) is 12.1 Å². The van der Waals surface area contributed by atoms with Crippen molar-refractivity contribution in [2.75, 3.05) is 0 Å². The summed E-state index contributed by atoms with van der Waals surface area (Å²) in [5, 5.41) is 0. The topological polar surface area (TPSA) is 26.3 Å². The molecule has 5 atom stereocenters. The van der Waals surface area contributed by atoms with Crippen LogP contribution in [0.15, 0.2) is 59.8 Å². The van der Waals surface area contributed by atoms with E-state index in [2.05, 4.69) is 77.7 Å². The van der Waals surface area contributed by atoms with Crippen molar-refractivity contribution in [2.24, 2.45) is 29.1 Å². The molecule has 0 aromatic heterocycles. The van der Waals surface area contributed by atoms with Crippen molar-refractivity contribution in [3.05, 3.63) is 59.8 Å². The second-order valence-electron chi connectivity index (χ2n) is 16.3. The first-order valence-corrected chi connectivity index (χ1v) is 20.3. The number of hydrogen-bond donors (Lipinski definition) is 0. The van der Waals surface area contributed by atoms with Gasteiger partial charge in [-0.25, -0.2) is 0 Å². The molecule has 0 amide bonds. The molecule has 2 nitrogen and oxygen atoms in total. The van der Waals surface area contributed by atoms with Crippen molar-refractivity contribution in [2.45, 2.75) is 188 Å². The lowest BCUT2D eigenvalue weighted by Gasteiger charge is -2.44. The Morgan fingerprint density at radius 2 is 1.60 bits per heavy atom. The molecular weight excluding hydrogens is 572 g/mol. The fraction of sp³-hybridized carbons (Fsp3) is 0.756. The minimum atomic E-state index is -0.00606. The Kier molecular flexibility index (Phi) is 18.5. The smallest absolute Gasteiger partial charge is 0.306 e. The second kappa shape index (κ2) is 22.0. The molecule has 3 saturated carbocycles. The van der Waals surface area contributed by atoms with Crippen LogP contribution in [0.25, 0.3) is 0 Å². The summed E-state index contributed by atoms with van der Waals surface area (Å²) in [5.74, 6) is 3.25. The van der Waals surface area contributed by atoms with E-state index in [1.54, 1.807) is 5.57 Å². The molecule has 47 heavy (non-hydrogen) atoms. The van der Waals surface area contributed by atoms with E-state index in [9.17, 15) is 4.79 Å². The van der Waals surface area contributed by atoms with E-state index >= 15 is 0 Å². The van der Waals surface area contributed by atoms with Gasteiger partial charge in [0.25, 0.3) is 0 Å². The van der Waals surface area contributed by atoms with Crippen LogP contribution >= 0.6 is 0 Å². The summed E-state index contributed by atoms with van der Waals surface area (Å²) in [5.41, 5.74) is 4.69. The first-order chi connectivity index (χ1) is 22.7. The van der Waals surface area contributed by atoms with Gasteiger partial charge in [0.05, 0.1) is 0 Å². The number of carbonyl (C=O) groups excluding carboxylic acids is 1. The summed E-state index contributed by atoms with van der Waals surface area (Å²) in [6, 6.07) is 0. The normalized spacial score (nSPS) is 27.4. The van der Waals surface area contributed by atoms with E-state index in [0.717, 1.165) is 62.2 Å². The number of unbranched alkanes of at least 4 members (excludes halogenated alkanes) is 8. The Labute approximate surface area is 292 Å². The average Bonchev–Trinajstić information content (AvgIpc) is 3.40. The highest BCUT2D eigenvalue weighted by Gasteiger charge is 2.50. The Hall–Kier alpha value is -1.83. The molecule has 0 bridgehead atoms. The number of allylic oxidation sites excluding steroid dienone is 8.